The van der Waals surface area contributed by atoms with Gasteiger partial charge in [-0.05, 0) is 25.3 Å². The van der Waals surface area contributed by atoms with Gasteiger partial charge in [0.2, 0.25) is 0 Å². The van der Waals surface area contributed by atoms with Crippen molar-refractivity contribution in [1.82, 2.24) is 4.98 Å². The number of pyridine rings is 1. The van der Waals surface area contributed by atoms with E-state index in [2.05, 4.69) is 4.98 Å². The molecule has 0 aliphatic carbocycles. The summed E-state index contributed by atoms with van der Waals surface area (Å²) in [5.74, 6) is 1.22. The van der Waals surface area contributed by atoms with Crippen molar-refractivity contribution >= 4 is 11.6 Å². The van der Waals surface area contributed by atoms with Crippen molar-refractivity contribution in [3.8, 4) is 5.75 Å². The molecule has 0 N–H and O–H groups in total. The third-order valence-electron chi connectivity index (χ3n) is 2.71. The predicted molar refractivity (Wildman–Crippen MR) is 62.9 cm³/mol. The zero-order chi connectivity index (χ0) is 11.2. The Morgan fingerprint density at radius 2 is 2.44 bits per heavy atom. The topological polar surface area (TPSA) is 31.4 Å². The summed E-state index contributed by atoms with van der Waals surface area (Å²) in [5, 5.41) is 0. The molecule has 0 saturated carbocycles. The van der Waals surface area contributed by atoms with Gasteiger partial charge in [-0.25, -0.2) is 0 Å². The minimum Gasteiger partial charge on any atom is -0.489 e. The van der Waals surface area contributed by atoms with Crippen LogP contribution in [0.3, 0.4) is 0 Å². The molecule has 1 aliphatic heterocycles. The van der Waals surface area contributed by atoms with E-state index in [0.717, 1.165) is 30.8 Å². The number of aromatic nitrogens is 1. The third-order valence-corrected chi connectivity index (χ3v) is 3.00. The number of alkyl halides is 1. The van der Waals surface area contributed by atoms with Gasteiger partial charge < -0.3 is 9.47 Å². The van der Waals surface area contributed by atoms with Crippen molar-refractivity contribution in [1.29, 1.82) is 0 Å². The minimum atomic E-state index is 0.220. The Kier molecular flexibility index (Phi) is 4.43. The smallest absolute Gasteiger partial charge is 0.142 e. The summed E-state index contributed by atoms with van der Waals surface area (Å²) in [6.07, 6.45) is 7.12. The second-order valence-electron chi connectivity index (χ2n) is 3.92. The second kappa shape index (κ2) is 6.06. The van der Waals surface area contributed by atoms with Crippen molar-refractivity contribution < 1.29 is 9.47 Å². The highest BCUT2D eigenvalue weighted by atomic mass is 35.5. The van der Waals surface area contributed by atoms with Gasteiger partial charge in [-0.1, -0.05) is 0 Å². The van der Waals surface area contributed by atoms with Crippen LogP contribution in [0, 0.1) is 0 Å². The third kappa shape index (κ3) is 3.09. The van der Waals surface area contributed by atoms with Gasteiger partial charge in [0, 0.05) is 18.4 Å². The standard InChI is InChI=1S/C12H16ClNO2/c13-7-10-4-5-14-8-12(10)16-9-11-3-1-2-6-15-11/h4-5,8,11H,1-3,6-7,9H2. The Bertz CT molecular complexity index is 327. The molecule has 2 rings (SSSR count). The summed E-state index contributed by atoms with van der Waals surface area (Å²) in [6.45, 7) is 1.44. The highest BCUT2D eigenvalue weighted by Gasteiger charge is 2.15. The first-order chi connectivity index (χ1) is 7.90. The highest BCUT2D eigenvalue weighted by molar-refractivity contribution is 6.17. The molecule has 3 nitrogen and oxygen atoms in total. The first-order valence-corrected chi connectivity index (χ1v) is 6.17. The maximum atomic E-state index is 5.81. The molecule has 0 radical (unpaired) electrons. The van der Waals surface area contributed by atoms with Gasteiger partial charge >= 0.3 is 0 Å². The average Bonchev–Trinajstić information content (AvgIpc) is 2.38. The number of hydrogen-bond donors (Lipinski definition) is 0. The molecular formula is C12H16ClNO2. The van der Waals surface area contributed by atoms with E-state index in [0.29, 0.717) is 12.5 Å². The van der Waals surface area contributed by atoms with Crippen molar-refractivity contribution in [2.45, 2.75) is 31.2 Å². The van der Waals surface area contributed by atoms with Crippen LogP contribution in [0.5, 0.6) is 5.75 Å². The molecule has 1 aromatic heterocycles. The monoisotopic (exact) mass is 241 g/mol. The van der Waals surface area contributed by atoms with Crippen LogP contribution in [0.25, 0.3) is 0 Å². The molecule has 0 amide bonds. The van der Waals surface area contributed by atoms with Crippen LogP contribution in [0.1, 0.15) is 24.8 Å². The fourth-order valence-electron chi connectivity index (χ4n) is 1.77. The average molecular weight is 242 g/mol. The summed E-state index contributed by atoms with van der Waals surface area (Å²) in [5.41, 5.74) is 0.979. The van der Waals surface area contributed by atoms with Crippen molar-refractivity contribution in [2.24, 2.45) is 0 Å². The molecule has 16 heavy (non-hydrogen) atoms. The molecule has 2 heterocycles. The lowest BCUT2D eigenvalue weighted by Gasteiger charge is -2.22. The van der Waals surface area contributed by atoms with E-state index in [4.69, 9.17) is 21.1 Å². The van der Waals surface area contributed by atoms with E-state index in [1.807, 2.05) is 6.07 Å². The van der Waals surface area contributed by atoms with Gasteiger partial charge in [-0.15, -0.1) is 11.6 Å². The molecule has 1 unspecified atom stereocenters. The Morgan fingerprint density at radius 3 is 3.19 bits per heavy atom. The lowest BCUT2D eigenvalue weighted by Crippen LogP contribution is -2.26. The molecular weight excluding hydrogens is 226 g/mol. The zero-order valence-corrected chi connectivity index (χ0v) is 9.95. The molecule has 88 valence electrons. The summed E-state index contributed by atoms with van der Waals surface area (Å²) >= 11 is 5.81. The Balaban J connectivity index is 1.88. The highest BCUT2D eigenvalue weighted by Crippen LogP contribution is 2.20. The quantitative estimate of drug-likeness (QED) is 0.760. The van der Waals surface area contributed by atoms with E-state index in [-0.39, 0.29) is 6.10 Å². The SMILES string of the molecule is ClCc1ccncc1OCC1CCCCO1. The predicted octanol–water partition coefficient (Wildman–Crippen LogP) is 2.77. The fourth-order valence-corrected chi connectivity index (χ4v) is 1.99. The minimum absolute atomic E-state index is 0.220. The van der Waals surface area contributed by atoms with E-state index in [9.17, 15) is 0 Å². The van der Waals surface area contributed by atoms with Gasteiger partial charge in [-0.3, -0.25) is 4.98 Å². The molecule has 1 fully saturated rings. The Hall–Kier alpha value is -0.800. The Morgan fingerprint density at radius 1 is 1.50 bits per heavy atom. The van der Waals surface area contributed by atoms with Crippen LogP contribution < -0.4 is 4.74 Å². The molecule has 1 atom stereocenters. The van der Waals surface area contributed by atoms with Gasteiger partial charge in [0.25, 0.3) is 0 Å². The van der Waals surface area contributed by atoms with Crippen molar-refractivity contribution in [2.75, 3.05) is 13.2 Å². The molecule has 1 saturated heterocycles. The molecule has 0 spiro atoms. The van der Waals surface area contributed by atoms with Gasteiger partial charge in [0.05, 0.1) is 18.2 Å². The van der Waals surface area contributed by atoms with Crippen molar-refractivity contribution in [3.63, 3.8) is 0 Å². The first-order valence-electron chi connectivity index (χ1n) is 5.63. The Labute approximate surface area is 101 Å². The maximum absolute atomic E-state index is 5.81. The van der Waals surface area contributed by atoms with Crippen LogP contribution >= 0.6 is 11.6 Å². The number of halogens is 1. The number of ether oxygens (including phenoxy) is 2. The molecule has 4 heteroatoms. The van der Waals surface area contributed by atoms with E-state index < -0.39 is 0 Å². The number of rotatable bonds is 4. The molecule has 1 aliphatic rings. The van der Waals surface area contributed by atoms with Crippen LogP contribution in [-0.2, 0) is 10.6 Å². The van der Waals surface area contributed by atoms with Crippen LogP contribution in [0.15, 0.2) is 18.5 Å². The largest absolute Gasteiger partial charge is 0.489 e. The van der Waals surface area contributed by atoms with Gasteiger partial charge in [0.15, 0.2) is 0 Å². The van der Waals surface area contributed by atoms with Crippen LogP contribution in [-0.4, -0.2) is 24.3 Å². The molecule has 0 aromatic carbocycles. The summed E-state index contributed by atoms with van der Waals surface area (Å²) in [6, 6.07) is 1.88. The molecule has 1 aromatic rings. The van der Waals surface area contributed by atoms with E-state index in [1.54, 1.807) is 12.4 Å². The van der Waals surface area contributed by atoms with E-state index in [1.165, 1.54) is 6.42 Å². The van der Waals surface area contributed by atoms with E-state index >= 15 is 0 Å². The summed E-state index contributed by atoms with van der Waals surface area (Å²) in [4.78, 5) is 4.03. The lowest BCUT2D eigenvalue weighted by molar-refractivity contribution is -0.0112. The second-order valence-corrected chi connectivity index (χ2v) is 4.18. The first kappa shape index (κ1) is 11.7. The van der Waals surface area contributed by atoms with Crippen molar-refractivity contribution in [3.05, 3.63) is 24.0 Å². The maximum Gasteiger partial charge on any atom is 0.142 e. The summed E-state index contributed by atoms with van der Waals surface area (Å²) in [7, 11) is 0. The van der Waals surface area contributed by atoms with Gasteiger partial charge in [-0.2, -0.15) is 0 Å². The number of nitrogens with zero attached hydrogens (tertiary/aromatic N) is 1. The van der Waals surface area contributed by atoms with Crippen LogP contribution in [0.2, 0.25) is 0 Å². The van der Waals surface area contributed by atoms with Crippen LogP contribution in [0.4, 0.5) is 0 Å². The summed E-state index contributed by atoms with van der Waals surface area (Å²) < 4.78 is 11.3. The normalized spacial score (nSPS) is 20.7. The number of hydrogen-bond acceptors (Lipinski definition) is 3. The zero-order valence-electron chi connectivity index (χ0n) is 9.19. The fraction of sp³-hybridized carbons (Fsp3) is 0.583. The molecule has 0 bridgehead atoms. The van der Waals surface area contributed by atoms with Gasteiger partial charge in [0.1, 0.15) is 12.4 Å². The lowest BCUT2D eigenvalue weighted by atomic mass is 10.1.